The second-order valence-electron chi connectivity index (χ2n) is 4.65. The third-order valence-electron chi connectivity index (χ3n) is 3.12. The summed E-state index contributed by atoms with van der Waals surface area (Å²) in [5, 5.41) is 3.69. The van der Waals surface area contributed by atoms with E-state index in [-0.39, 0.29) is 0 Å². The van der Waals surface area contributed by atoms with Gasteiger partial charge < -0.3 is 5.32 Å². The Bertz CT molecular complexity index is 123. The fraction of sp³-hybridized carbons (Fsp3) is 1.00. The molecule has 0 unspecified atom stereocenters. The minimum atomic E-state index is 0.324. The van der Waals surface area contributed by atoms with Crippen molar-refractivity contribution in [1.29, 1.82) is 0 Å². The van der Waals surface area contributed by atoms with Gasteiger partial charge in [0.05, 0.1) is 0 Å². The average molecular weight is 155 g/mol. The van der Waals surface area contributed by atoms with Crippen LogP contribution in [0.5, 0.6) is 0 Å². The molecule has 0 radical (unpaired) electrons. The lowest BCUT2D eigenvalue weighted by atomic mass is 9.85. The van der Waals surface area contributed by atoms with Crippen LogP contribution in [0.1, 0.15) is 47.0 Å². The van der Waals surface area contributed by atoms with Gasteiger partial charge in [-0.3, -0.25) is 0 Å². The molecule has 1 aliphatic rings. The van der Waals surface area contributed by atoms with Gasteiger partial charge in [0.1, 0.15) is 0 Å². The molecule has 1 saturated carbocycles. The van der Waals surface area contributed by atoms with Crippen LogP contribution in [0.15, 0.2) is 0 Å². The topological polar surface area (TPSA) is 12.0 Å². The monoisotopic (exact) mass is 155 g/mol. The molecule has 1 N–H and O–H groups in total. The van der Waals surface area contributed by atoms with Crippen molar-refractivity contribution in [2.45, 2.75) is 58.5 Å². The van der Waals surface area contributed by atoms with Crippen molar-refractivity contribution in [3.05, 3.63) is 0 Å². The molecule has 1 rings (SSSR count). The lowest BCUT2D eigenvalue weighted by molar-refractivity contribution is 0.205. The smallest absolute Gasteiger partial charge is 0.0150 e. The predicted molar refractivity (Wildman–Crippen MR) is 49.7 cm³/mol. The Morgan fingerprint density at radius 3 is 2.09 bits per heavy atom. The van der Waals surface area contributed by atoms with Crippen molar-refractivity contribution in [3.8, 4) is 0 Å². The number of nitrogens with one attached hydrogen (secondary N) is 1. The van der Waals surface area contributed by atoms with Crippen LogP contribution < -0.4 is 5.32 Å². The molecule has 1 fully saturated rings. The molecule has 0 spiro atoms. The Morgan fingerprint density at radius 1 is 1.27 bits per heavy atom. The number of hydrogen-bond acceptors (Lipinski definition) is 1. The van der Waals surface area contributed by atoms with Crippen molar-refractivity contribution in [2.75, 3.05) is 0 Å². The molecule has 0 atom stereocenters. The van der Waals surface area contributed by atoms with Crippen LogP contribution >= 0.6 is 0 Å². The van der Waals surface area contributed by atoms with Gasteiger partial charge in [-0.15, -0.1) is 0 Å². The summed E-state index contributed by atoms with van der Waals surface area (Å²) in [6, 6.07) is 0.812. The van der Waals surface area contributed by atoms with Gasteiger partial charge in [0.15, 0.2) is 0 Å². The van der Waals surface area contributed by atoms with Crippen LogP contribution in [-0.2, 0) is 0 Å². The van der Waals surface area contributed by atoms with Crippen molar-refractivity contribution in [3.63, 3.8) is 0 Å². The molecular weight excluding hydrogens is 134 g/mol. The SMILES string of the molecule is CC(C)C(C)(C)NC1CCC1. The summed E-state index contributed by atoms with van der Waals surface area (Å²) in [7, 11) is 0. The molecule has 0 heterocycles. The van der Waals surface area contributed by atoms with E-state index in [1.807, 2.05) is 0 Å². The highest BCUT2D eigenvalue weighted by molar-refractivity contribution is 4.88. The third kappa shape index (κ3) is 2.19. The summed E-state index contributed by atoms with van der Waals surface area (Å²) in [5.74, 6) is 0.725. The quantitative estimate of drug-likeness (QED) is 0.660. The highest BCUT2D eigenvalue weighted by atomic mass is 15.0. The van der Waals surface area contributed by atoms with E-state index in [1.54, 1.807) is 0 Å². The van der Waals surface area contributed by atoms with Gasteiger partial charge in [0.25, 0.3) is 0 Å². The van der Waals surface area contributed by atoms with Crippen LogP contribution in [0.25, 0.3) is 0 Å². The standard InChI is InChI=1S/C10H21N/c1-8(2)10(3,4)11-9-6-5-7-9/h8-9,11H,5-7H2,1-4H3. The van der Waals surface area contributed by atoms with Gasteiger partial charge in [-0.1, -0.05) is 20.3 Å². The van der Waals surface area contributed by atoms with Gasteiger partial charge in [0.2, 0.25) is 0 Å². The molecule has 0 aromatic heterocycles. The zero-order valence-electron chi connectivity index (χ0n) is 8.28. The molecule has 0 aromatic carbocycles. The van der Waals surface area contributed by atoms with E-state index in [1.165, 1.54) is 19.3 Å². The van der Waals surface area contributed by atoms with Crippen LogP contribution in [-0.4, -0.2) is 11.6 Å². The van der Waals surface area contributed by atoms with E-state index < -0.39 is 0 Å². The highest BCUT2D eigenvalue weighted by Crippen LogP contribution is 2.24. The van der Waals surface area contributed by atoms with Gasteiger partial charge in [-0.25, -0.2) is 0 Å². The van der Waals surface area contributed by atoms with E-state index in [9.17, 15) is 0 Å². The molecule has 0 bridgehead atoms. The molecule has 1 heteroatoms. The molecule has 11 heavy (non-hydrogen) atoms. The fourth-order valence-electron chi connectivity index (χ4n) is 1.25. The zero-order chi connectivity index (χ0) is 8.48. The lowest BCUT2D eigenvalue weighted by Crippen LogP contribution is -2.51. The number of rotatable bonds is 3. The second kappa shape index (κ2) is 3.14. The van der Waals surface area contributed by atoms with Gasteiger partial charge >= 0.3 is 0 Å². The summed E-state index contributed by atoms with van der Waals surface area (Å²) < 4.78 is 0. The van der Waals surface area contributed by atoms with Crippen LogP contribution in [0.4, 0.5) is 0 Å². The Morgan fingerprint density at radius 2 is 1.82 bits per heavy atom. The Labute approximate surface area is 70.6 Å². The van der Waals surface area contributed by atoms with Crippen molar-refractivity contribution >= 4 is 0 Å². The third-order valence-corrected chi connectivity index (χ3v) is 3.12. The van der Waals surface area contributed by atoms with Gasteiger partial charge in [-0.05, 0) is 32.6 Å². The summed E-state index contributed by atoms with van der Waals surface area (Å²) in [5.41, 5.74) is 0.324. The first-order valence-electron chi connectivity index (χ1n) is 4.80. The largest absolute Gasteiger partial charge is 0.309 e. The highest BCUT2D eigenvalue weighted by Gasteiger charge is 2.28. The summed E-state index contributed by atoms with van der Waals surface area (Å²) in [6.07, 6.45) is 4.19. The summed E-state index contributed by atoms with van der Waals surface area (Å²) >= 11 is 0. The van der Waals surface area contributed by atoms with Gasteiger partial charge in [-0.2, -0.15) is 0 Å². The van der Waals surface area contributed by atoms with E-state index in [4.69, 9.17) is 0 Å². The first kappa shape index (κ1) is 9.05. The Balaban J connectivity index is 2.32. The normalized spacial score (nSPS) is 20.5. The van der Waals surface area contributed by atoms with Crippen LogP contribution in [0.2, 0.25) is 0 Å². The molecule has 0 saturated heterocycles. The average Bonchev–Trinajstić information content (AvgIpc) is 1.79. The molecule has 0 amide bonds. The fourth-order valence-corrected chi connectivity index (χ4v) is 1.25. The van der Waals surface area contributed by atoms with Crippen LogP contribution in [0, 0.1) is 5.92 Å². The van der Waals surface area contributed by atoms with Crippen molar-refractivity contribution in [2.24, 2.45) is 5.92 Å². The van der Waals surface area contributed by atoms with E-state index in [0.717, 1.165) is 12.0 Å². The van der Waals surface area contributed by atoms with E-state index in [2.05, 4.69) is 33.0 Å². The van der Waals surface area contributed by atoms with Crippen LogP contribution in [0.3, 0.4) is 0 Å². The molecule has 0 aliphatic heterocycles. The molecule has 66 valence electrons. The molecule has 1 aliphatic carbocycles. The Hall–Kier alpha value is -0.0400. The minimum Gasteiger partial charge on any atom is -0.309 e. The Kier molecular flexibility index (Phi) is 2.58. The molecule has 1 nitrogen and oxygen atoms in total. The van der Waals surface area contributed by atoms with E-state index in [0.29, 0.717) is 5.54 Å². The summed E-state index contributed by atoms with van der Waals surface area (Å²) in [6.45, 7) is 9.17. The minimum absolute atomic E-state index is 0.324. The lowest BCUT2D eigenvalue weighted by Gasteiger charge is -2.39. The first-order chi connectivity index (χ1) is 5.02. The molecule has 0 aromatic rings. The predicted octanol–water partition coefficient (Wildman–Crippen LogP) is 2.56. The number of hydrogen-bond donors (Lipinski definition) is 1. The maximum Gasteiger partial charge on any atom is 0.0150 e. The zero-order valence-corrected chi connectivity index (χ0v) is 8.28. The van der Waals surface area contributed by atoms with Gasteiger partial charge in [0, 0.05) is 11.6 Å². The molecular formula is C10H21N. The second-order valence-corrected chi connectivity index (χ2v) is 4.65. The first-order valence-corrected chi connectivity index (χ1v) is 4.80. The maximum atomic E-state index is 3.69. The van der Waals surface area contributed by atoms with Crippen molar-refractivity contribution in [1.82, 2.24) is 5.32 Å². The summed E-state index contributed by atoms with van der Waals surface area (Å²) in [4.78, 5) is 0. The maximum absolute atomic E-state index is 3.69. The van der Waals surface area contributed by atoms with Crippen molar-refractivity contribution < 1.29 is 0 Å². The van der Waals surface area contributed by atoms with E-state index >= 15 is 0 Å².